The lowest BCUT2D eigenvalue weighted by molar-refractivity contribution is -0.126. The normalized spacial score (nSPS) is 28.8. The van der Waals surface area contributed by atoms with Crippen molar-refractivity contribution in [3.63, 3.8) is 0 Å². The van der Waals surface area contributed by atoms with Crippen molar-refractivity contribution in [1.82, 2.24) is 15.5 Å². The number of allylic oxidation sites excluding steroid dienone is 1. The number of nitrogens with zero attached hydrogens (tertiary/aromatic N) is 1. The van der Waals surface area contributed by atoms with Crippen LogP contribution < -0.4 is 10.6 Å². The highest BCUT2D eigenvalue weighted by molar-refractivity contribution is 6.01. The molecule has 1 unspecified atom stereocenters. The molecule has 1 aliphatic carbocycles. The predicted molar refractivity (Wildman–Crippen MR) is 118 cm³/mol. The van der Waals surface area contributed by atoms with Crippen molar-refractivity contribution >= 4 is 11.8 Å². The third-order valence-corrected chi connectivity index (χ3v) is 7.51. The number of amides is 2. The van der Waals surface area contributed by atoms with E-state index in [0.717, 1.165) is 12.8 Å². The minimum atomic E-state index is -0.579. The van der Waals surface area contributed by atoms with Gasteiger partial charge in [-0.25, -0.2) is 4.39 Å². The average Bonchev–Trinajstić information content (AvgIpc) is 3.40. The summed E-state index contributed by atoms with van der Waals surface area (Å²) in [5.41, 5.74) is 2.02. The van der Waals surface area contributed by atoms with Gasteiger partial charge in [-0.05, 0) is 50.2 Å². The van der Waals surface area contributed by atoms with Gasteiger partial charge in [0, 0.05) is 41.9 Å². The van der Waals surface area contributed by atoms with Crippen LogP contribution in [0.3, 0.4) is 0 Å². The van der Waals surface area contributed by atoms with E-state index in [4.69, 9.17) is 4.74 Å². The highest BCUT2D eigenvalue weighted by Crippen LogP contribution is 2.32. The quantitative estimate of drug-likeness (QED) is 0.736. The number of ether oxygens (including phenoxy) is 1. The number of fused-ring (bicyclic) bond motifs is 1. The summed E-state index contributed by atoms with van der Waals surface area (Å²) in [5, 5.41) is 6.49. The standard InChI is InChI=1S/C25H32FN3O3/c1-15-8-11-21(24(30)27-15)29-14-19-18(25(29)31)10-9-16(23(19)26)13-22-20(7-4-12-32-22)28-17-5-2-3-6-17/h9-10,17,20-22,28H,1-8,11-14H2,(H,27,30)/t20-,21?,22+/m0/s1. The summed E-state index contributed by atoms with van der Waals surface area (Å²) < 4.78 is 21.6. The number of hydrogen-bond donors (Lipinski definition) is 2. The fourth-order valence-corrected chi connectivity index (χ4v) is 5.73. The monoisotopic (exact) mass is 441 g/mol. The maximum absolute atomic E-state index is 15.6. The molecule has 0 spiro atoms. The number of benzene rings is 1. The van der Waals surface area contributed by atoms with Gasteiger partial charge in [0.1, 0.15) is 11.9 Å². The Hall–Kier alpha value is -2.25. The summed E-state index contributed by atoms with van der Waals surface area (Å²) >= 11 is 0. The molecule has 7 heteroatoms. The van der Waals surface area contributed by atoms with E-state index in [9.17, 15) is 9.59 Å². The Labute approximate surface area is 188 Å². The molecule has 0 bridgehead atoms. The van der Waals surface area contributed by atoms with E-state index in [1.54, 1.807) is 12.1 Å². The Morgan fingerprint density at radius 2 is 1.97 bits per heavy atom. The molecule has 0 aromatic heterocycles. The Bertz CT molecular complexity index is 927. The number of piperidine rings is 1. The van der Waals surface area contributed by atoms with Crippen LogP contribution in [0.4, 0.5) is 4.39 Å². The lowest BCUT2D eigenvalue weighted by Gasteiger charge is -2.34. The van der Waals surface area contributed by atoms with Gasteiger partial charge in [-0.2, -0.15) is 0 Å². The second kappa shape index (κ2) is 8.94. The van der Waals surface area contributed by atoms with Crippen molar-refractivity contribution in [3.05, 3.63) is 46.9 Å². The number of carbonyl (C=O) groups excluding carboxylic acids is 2. The Balaban J connectivity index is 1.32. The molecule has 172 valence electrons. The smallest absolute Gasteiger partial charge is 0.255 e. The minimum absolute atomic E-state index is 0.0692. The Morgan fingerprint density at radius 3 is 2.75 bits per heavy atom. The van der Waals surface area contributed by atoms with Crippen LogP contribution in [-0.2, 0) is 22.5 Å². The van der Waals surface area contributed by atoms with Crippen LogP contribution in [0.1, 0.15) is 72.9 Å². The van der Waals surface area contributed by atoms with Crippen LogP contribution in [0.2, 0.25) is 0 Å². The molecule has 2 amide bonds. The van der Waals surface area contributed by atoms with Crippen molar-refractivity contribution in [2.75, 3.05) is 6.61 Å². The minimum Gasteiger partial charge on any atom is -0.376 e. The van der Waals surface area contributed by atoms with Gasteiger partial charge in [0.25, 0.3) is 5.91 Å². The fraction of sp³-hybridized carbons (Fsp3) is 0.600. The maximum atomic E-state index is 15.6. The number of carbonyl (C=O) groups is 2. The van der Waals surface area contributed by atoms with Gasteiger partial charge >= 0.3 is 0 Å². The molecular weight excluding hydrogens is 409 g/mol. The van der Waals surface area contributed by atoms with Crippen LogP contribution in [0.15, 0.2) is 24.4 Å². The molecule has 6 nitrogen and oxygen atoms in total. The van der Waals surface area contributed by atoms with Gasteiger partial charge in [0.15, 0.2) is 0 Å². The highest BCUT2D eigenvalue weighted by atomic mass is 19.1. The second-order valence-corrected chi connectivity index (χ2v) is 9.66. The molecular formula is C25H32FN3O3. The van der Waals surface area contributed by atoms with Gasteiger partial charge in [0.05, 0.1) is 12.6 Å². The summed E-state index contributed by atoms with van der Waals surface area (Å²) in [4.78, 5) is 26.8. The number of rotatable bonds is 5. The molecule has 4 aliphatic rings. The first-order chi connectivity index (χ1) is 15.5. The third-order valence-electron chi connectivity index (χ3n) is 7.51. The van der Waals surface area contributed by atoms with E-state index >= 15 is 4.39 Å². The molecule has 3 atom stereocenters. The second-order valence-electron chi connectivity index (χ2n) is 9.66. The van der Waals surface area contributed by atoms with Crippen LogP contribution in [-0.4, -0.2) is 47.6 Å². The van der Waals surface area contributed by atoms with Crippen LogP contribution >= 0.6 is 0 Å². The SMILES string of the molecule is C=C1CCC(N2Cc3c(ccc(C[C@H]4OCCC[C@@H]4NC4CCCC4)c3F)C2=O)C(=O)N1. The molecule has 2 N–H and O–H groups in total. The molecule has 3 fully saturated rings. The molecule has 3 heterocycles. The molecule has 2 saturated heterocycles. The van der Waals surface area contributed by atoms with E-state index in [0.29, 0.717) is 54.3 Å². The lowest BCUT2D eigenvalue weighted by Crippen LogP contribution is -2.49. The first-order valence-electron chi connectivity index (χ1n) is 12.0. The van der Waals surface area contributed by atoms with Crippen molar-refractivity contribution in [3.8, 4) is 0 Å². The number of nitrogens with one attached hydrogen (secondary N) is 2. The third kappa shape index (κ3) is 4.08. The van der Waals surface area contributed by atoms with Crippen LogP contribution in [0.25, 0.3) is 0 Å². The first-order valence-corrected chi connectivity index (χ1v) is 12.0. The van der Waals surface area contributed by atoms with Gasteiger partial charge in [-0.1, -0.05) is 25.5 Å². The lowest BCUT2D eigenvalue weighted by atomic mass is 9.93. The van der Waals surface area contributed by atoms with E-state index in [1.807, 2.05) is 0 Å². The molecule has 32 heavy (non-hydrogen) atoms. The van der Waals surface area contributed by atoms with Crippen molar-refractivity contribution in [2.24, 2.45) is 0 Å². The van der Waals surface area contributed by atoms with E-state index < -0.39 is 6.04 Å². The Morgan fingerprint density at radius 1 is 1.16 bits per heavy atom. The van der Waals surface area contributed by atoms with Gasteiger partial charge in [0.2, 0.25) is 5.91 Å². The topological polar surface area (TPSA) is 70.7 Å². The van der Waals surface area contributed by atoms with Crippen molar-refractivity contribution in [1.29, 1.82) is 0 Å². The largest absolute Gasteiger partial charge is 0.376 e. The summed E-state index contributed by atoms with van der Waals surface area (Å²) in [5.74, 6) is -0.833. The molecule has 5 rings (SSSR count). The number of hydrogen-bond acceptors (Lipinski definition) is 4. The van der Waals surface area contributed by atoms with Gasteiger partial charge in [-0.3, -0.25) is 9.59 Å². The zero-order valence-corrected chi connectivity index (χ0v) is 18.5. The zero-order chi connectivity index (χ0) is 22.2. The fourth-order valence-electron chi connectivity index (χ4n) is 5.73. The Kier molecular flexibility index (Phi) is 6.03. The maximum Gasteiger partial charge on any atom is 0.255 e. The van der Waals surface area contributed by atoms with E-state index in [1.165, 1.54) is 30.6 Å². The van der Waals surface area contributed by atoms with Gasteiger partial charge < -0.3 is 20.3 Å². The molecule has 3 aliphatic heterocycles. The van der Waals surface area contributed by atoms with Gasteiger partial charge in [-0.15, -0.1) is 0 Å². The summed E-state index contributed by atoms with van der Waals surface area (Å²) in [6.07, 6.45) is 8.57. The van der Waals surface area contributed by atoms with E-state index in [-0.39, 0.29) is 36.3 Å². The average molecular weight is 442 g/mol. The number of halogens is 1. The first kappa shape index (κ1) is 21.6. The molecule has 1 aromatic carbocycles. The summed E-state index contributed by atoms with van der Waals surface area (Å²) in [7, 11) is 0. The zero-order valence-electron chi connectivity index (χ0n) is 18.5. The molecule has 1 aromatic rings. The van der Waals surface area contributed by atoms with Crippen LogP contribution in [0, 0.1) is 5.82 Å². The molecule has 1 saturated carbocycles. The summed E-state index contributed by atoms with van der Waals surface area (Å²) in [6.45, 7) is 4.63. The van der Waals surface area contributed by atoms with Crippen LogP contribution in [0.5, 0.6) is 0 Å². The van der Waals surface area contributed by atoms with Crippen molar-refractivity contribution in [2.45, 2.75) is 88.6 Å². The van der Waals surface area contributed by atoms with Crippen molar-refractivity contribution < 1.29 is 18.7 Å². The predicted octanol–water partition coefficient (Wildman–Crippen LogP) is 3.20. The highest BCUT2D eigenvalue weighted by Gasteiger charge is 2.40. The molecule has 0 radical (unpaired) electrons. The summed E-state index contributed by atoms with van der Waals surface area (Å²) in [6, 6.07) is 3.64. The van der Waals surface area contributed by atoms with E-state index in [2.05, 4.69) is 17.2 Å².